The zero-order chi connectivity index (χ0) is 15.5. The Morgan fingerprint density at radius 3 is 2.73 bits per heavy atom. The first-order valence-electron chi connectivity index (χ1n) is 6.52. The molecule has 0 bridgehead atoms. The Morgan fingerprint density at radius 1 is 1.32 bits per heavy atom. The Hall–Kier alpha value is -3.16. The minimum Gasteiger partial charge on any atom is -0.497 e. The first kappa shape index (κ1) is 13.8. The predicted octanol–water partition coefficient (Wildman–Crippen LogP) is 1.47. The van der Waals surface area contributed by atoms with Gasteiger partial charge in [-0.05, 0) is 30.3 Å². The molecular weight excluding hydrogens is 284 g/mol. The average Bonchev–Trinajstić information content (AvgIpc) is 3.17. The van der Waals surface area contributed by atoms with E-state index in [0.717, 1.165) is 11.3 Å². The molecule has 2 heterocycles. The summed E-state index contributed by atoms with van der Waals surface area (Å²) < 4.78 is 6.64. The molecule has 3 rings (SSSR count). The van der Waals surface area contributed by atoms with E-state index in [9.17, 15) is 4.79 Å². The maximum atomic E-state index is 12.2. The smallest absolute Gasteiger partial charge is 0.276 e. The minimum absolute atomic E-state index is 0.289. The number of amides is 1. The van der Waals surface area contributed by atoms with Gasteiger partial charge in [-0.25, -0.2) is 5.10 Å². The van der Waals surface area contributed by atoms with Crippen LogP contribution in [-0.2, 0) is 7.05 Å². The lowest BCUT2D eigenvalue weighted by molar-refractivity contribution is 0.101. The van der Waals surface area contributed by atoms with Crippen molar-refractivity contribution in [1.29, 1.82) is 0 Å². The highest BCUT2D eigenvalue weighted by molar-refractivity contribution is 6.02. The number of carbonyl (C=O) groups is 1. The van der Waals surface area contributed by atoms with Gasteiger partial charge in [-0.2, -0.15) is 15.2 Å². The summed E-state index contributed by atoms with van der Waals surface area (Å²) in [6.07, 6.45) is 1.32. The molecule has 112 valence electrons. The standard InChI is InChI=1S/C14H14N6O2/c1-20-12(13(21)17-14-15-8-16-18-14)7-11(19-20)9-3-5-10(22-2)6-4-9/h3-8H,1-2H3,(H2,15,16,17,18,21). The highest BCUT2D eigenvalue weighted by Gasteiger charge is 2.15. The molecule has 8 heteroatoms. The van der Waals surface area contributed by atoms with Gasteiger partial charge in [0.25, 0.3) is 5.91 Å². The van der Waals surface area contributed by atoms with Crippen molar-refractivity contribution in [3.8, 4) is 17.0 Å². The van der Waals surface area contributed by atoms with Crippen LogP contribution in [-0.4, -0.2) is 38.0 Å². The summed E-state index contributed by atoms with van der Waals surface area (Å²) in [6, 6.07) is 9.18. The Labute approximate surface area is 126 Å². The summed E-state index contributed by atoms with van der Waals surface area (Å²) in [4.78, 5) is 16.1. The molecule has 2 N–H and O–H groups in total. The fourth-order valence-electron chi connectivity index (χ4n) is 2.02. The van der Waals surface area contributed by atoms with E-state index in [4.69, 9.17) is 4.74 Å². The van der Waals surface area contributed by atoms with Crippen LogP contribution in [0.3, 0.4) is 0 Å². The molecule has 22 heavy (non-hydrogen) atoms. The Bertz CT molecular complexity index is 776. The molecule has 1 amide bonds. The number of aryl methyl sites for hydroxylation is 1. The van der Waals surface area contributed by atoms with Gasteiger partial charge in [0.2, 0.25) is 5.95 Å². The first-order valence-corrected chi connectivity index (χ1v) is 6.52. The number of benzene rings is 1. The fourth-order valence-corrected chi connectivity index (χ4v) is 2.02. The highest BCUT2D eigenvalue weighted by Crippen LogP contribution is 2.22. The van der Waals surface area contributed by atoms with Crippen LogP contribution < -0.4 is 10.1 Å². The molecule has 0 radical (unpaired) electrons. The third-order valence-electron chi connectivity index (χ3n) is 3.15. The third kappa shape index (κ3) is 2.66. The first-order chi connectivity index (χ1) is 10.7. The minimum atomic E-state index is -0.313. The number of aromatic nitrogens is 5. The van der Waals surface area contributed by atoms with E-state index in [1.165, 1.54) is 11.0 Å². The number of nitrogens with zero attached hydrogens (tertiary/aromatic N) is 4. The molecule has 0 aliphatic carbocycles. The van der Waals surface area contributed by atoms with Crippen LogP contribution in [0.4, 0.5) is 5.95 Å². The molecule has 0 saturated carbocycles. The number of hydrogen-bond donors (Lipinski definition) is 2. The fraction of sp³-hybridized carbons (Fsp3) is 0.143. The van der Waals surface area contributed by atoms with Crippen LogP contribution in [0.15, 0.2) is 36.7 Å². The normalized spacial score (nSPS) is 10.5. The van der Waals surface area contributed by atoms with Gasteiger partial charge in [0.15, 0.2) is 0 Å². The zero-order valence-electron chi connectivity index (χ0n) is 12.1. The topological polar surface area (TPSA) is 97.7 Å². The summed E-state index contributed by atoms with van der Waals surface area (Å²) in [5.41, 5.74) is 2.02. The van der Waals surface area contributed by atoms with Crippen molar-refractivity contribution >= 4 is 11.9 Å². The summed E-state index contributed by atoms with van der Waals surface area (Å²) in [5, 5.41) is 13.2. The molecule has 2 aromatic heterocycles. The number of carbonyl (C=O) groups excluding carboxylic acids is 1. The number of nitrogens with one attached hydrogen (secondary N) is 2. The van der Waals surface area contributed by atoms with Crippen LogP contribution in [0.25, 0.3) is 11.3 Å². The highest BCUT2D eigenvalue weighted by atomic mass is 16.5. The van der Waals surface area contributed by atoms with Crippen molar-refractivity contribution in [3.63, 3.8) is 0 Å². The lowest BCUT2D eigenvalue weighted by Crippen LogP contribution is -2.16. The van der Waals surface area contributed by atoms with Crippen LogP contribution in [0, 0.1) is 0 Å². The van der Waals surface area contributed by atoms with Gasteiger partial charge in [0.05, 0.1) is 12.8 Å². The predicted molar refractivity (Wildman–Crippen MR) is 79.5 cm³/mol. The van der Waals surface area contributed by atoms with E-state index in [1.807, 2.05) is 24.3 Å². The molecule has 0 unspecified atom stereocenters. The number of anilines is 1. The molecule has 0 saturated heterocycles. The third-order valence-corrected chi connectivity index (χ3v) is 3.15. The quantitative estimate of drug-likeness (QED) is 0.760. The number of ether oxygens (including phenoxy) is 1. The Morgan fingerprint density at radius 2 is 2.09 bits per heavy atom. The van der Waals surface area contributed by atoms with E-state index in [2.05, 4.69) is 25.6 Å². The maximum Gasteiger partial charge on any atom is 0.276 e. The van der Waals surface area contributed by atoms with Crippen molar-refractivity contribution in [1.82, 2.24) is 25.0 Å². The van der Waals surface area contributed by atoms with E-state index in [-0.39, 0.29) is 11.9 Å². The lowest BCUT2D eigenvalue weighted by Gasteiger charge is -2.00. The molecule has 0 atom stereocenters. The van der Waals surface area contributed by atoms with E-state index in [0.29, 0.717) is 11.4 Å². The van der Waals surface area contributed by atoms with Gasteiger partial charge in [-0.3, -0.25) is 14.8 Å². The van der Waals surface area contributed by atoms with E-state index >= 15 is 0 Å². The molecular formula is C14H14N6O2. The van der Waals surface area contributed by atoms with Crippen LogP contribution in [0.5, 0.6) is 5.75 Å². The molecule has 3 aromatic rings. The summed E-state index contributed by atoms with van der Waals surface area (Å²) in [7, 11) is 3.32. The van der Waals surface area contributed by atoms with E-state index in [1.54, 1.807) is 20.2 Å². The summed E-state index contributed by atoms with van der Waals surface area (Å²) in [6.45, 7) is 0. The van der Waals surface area contributed by atoms with Crippen molar-refractivity contribution in [2.45, 2.75) is 0 Å². The maximum absolute atomic E-state index is 12.2. The number of methoxy groups -OCH3 is 1. The second-order valence-electron chi connectivity index (χ2n) is 4.56. The van der Waals surface area contributed by atoms with Gasteiger partial charge < -0.3 is 4.74 Å². The van der Waals surface area contributed by atoms with Gasteiger partial charge in [-0.1, -0.05) is 0 Å². The van der Waals surface area contributed by atoms with Crippen LogP contribution in [0.1, 0.15) is 10.5 Å². The molecule has 8 nitrogen and oxygen atoms in total. The number of rotatable bonds is 4. The summed E-state index contributed by atoms with van der Waals surface area (Å²) in [5.74, 6) is 0.742. The second-order valence-corrected chi connectivity index (χ2v) is 4.56. The Balaban J connectivity index is 1.84. The summed E-state index contributed by atoms with van der Waals surface area (Å²) >= 11 is 0. The number of aromatic amines is 1. The van der Waals surface area contributed by atoms with Crippen molar-refractivity contribution < 1.29 is 9.53 Å². The van der Waals surface area contributed by atoms with Crippen LogP contribution >= 0.6 is 0 Å². The van der Waals surface area contributed by atoms with Gasteiger partial charge in [0.1, 0.15) is 17.8 Å². The SMILES string of the molecule is COc1ccc(-c2cc(C(=O)Nc3ncn[nH]3)n(C)n2)cc1. The Kier molecular flexibility index (Phi) is 3.57. The van der Waals surface area contributed by atoms with Gasteiger partial charge in [0, 0.05) is 12.6 Å². The van der Waals surface area contributed by atoms with Crippen LogP contribution in [0.2, 0.25) is 0 Å². The molecule has 0 fully saturated rings. The van der Waals surface area contributed by atoms with Gasteiger partial charge in [-0.15, -0.1) is 0 Å². The molecule has 0 aliphatic rings. The molecule has 0 aliphatic heterocycles. The van der Waals surface area contributed by atoms with Crippen molar-refractivity contribution in [2.24, 2.45) is 7.05 Å². The largest absolute Gasteiger partial charge is 0.497 e. The number of hydrogen-bond acceptors (Lipinski definition) is 5. The number of H-pyrrole nitrogens is 1. The monoisotopic (exact) mass is 298 g/mol. The molecule has 0 spiro atoms. The van der Waals surface area contributed by atoms with E-state index < -0.39 is 0 Å². The zero-order valence-corrected chi connectivity index (χ0v) is 12.1. The average molecular weight is 298 g/mol. The lowest BCUT2D eigenvalue weighted by atomic mass is 10.1. The van der Waals surface area contributed by atoms with Gasteiger partial charge >= 0.3 is 0 Å². The van der Waals surface area contributed by atoms with Crippen molar-refractivity contribution in [3.05, 3.63) is 42.4 Å². The van der Waals surface area contributed by atoms with Crippen molar-refractivity contribution in [2.75, 3.05) is 12.4 Å². The molecule has 1 aromatic carbocycles. The second kappa shape index (κ2) is 5.68.